The van der Waals surface area contributed by atoms with Gasteiger partial charge >= 0.3 is 11.9 Å². The van der Waals surface area contributed by atoms with Crippen LogP contribution < -0.4 is 46.6 Å². The number of aromatic hydroxyl groups is 1. The number of esters is 2. The second kappa shape index (κ2) is 36.6. The van der Waals surface area contributed by atoms with E-state index in [0.29, 0.717) is 78.9 Å². The fourth-order valence-corrected chi connectivity index (χ4v) is 17.2. The quantitative estimate of drug-likeness (QED) is 0.0292. The smallest absolute Gasteiger partial charge is 0.329 e. The summed E-state index contributed by atoms with van der Waals surface area (Å²) in [5.41, 5.74) is 4.89. The summed E-state index contributed by atoms with van der Waals surface area (Å²) < 4.78 is 35.7. The third kappa shape index (κ3) is 19.1. The van der Waals surface area contributed by atoms with Crippen LogP contribution >= 0.6 is 0 Å². The molecule has 8 N–H and O–H groups in total. The lowest BCUT2D eigenvalue weighted by molar-refractivity contribution is -0.163. The van der Waals surface area contributed by atoms with Crippen LogP contribution in [0.4, 0.5) is 5.69 Å². The number of Topliss-reactive ketones (excluding diaryl/α,β-unsaturated/α-hetero) is 3. The number of methoxy groups -OCH3 is 1. The molecule has 32 heteroatoms. The summed E-state index contributed by atoms with van der Waals surface area (Å²) in [5.74, 6) is -13.5. The maximum atomic E-state index is 15.2. The van der Waals surface area contributed by atoms with Crippen molar-refractivity contribution in [3.8, 4) is 34.5 Å². The standard InChI is InChI=1S/C64H88N10O16.C25H28O6/c1-27(2)44-53(78)35-19-17-21-37(35)61(84)71(13)25-40(75)73(15)50(29(5)6)63(86)88-33(11)46(59(82)67-44)69-57(80)39-24-23-31(9)55-48(39)66-49-42(43(65)52(77)32(10)56(49)90-55)58(81)70-47-34(12)89-64(87)51(30(7)8)74(16)41(76)26-72(14)62(85)38-22-18-20-36(38)54(79)45(28(3)4)68-60(47)83;1-24(2)9-8-16-20(30-24)7-6-14(23(16)29-5)11-18(26)17-10-15-12-22(28)25(3,4)31-21(15)13-19(17)27/h23-24,27-30,33-38,44-47,50-51H,17-22,25-26,65H2,1-16H3,(H,67,82)(H,68,83)(H,69,80)(H,70,81);6-10,13,22,27-28H,11-12H2,1-5H3. The van der Waals surface area contributed by atoms with Crippen molar-refractivity contribution in [2.45, 2.75) is 228 Å². The molecule has 11 rings (SSSR count). The summed E-state index contributed by atoms with van der Waals surface area (Å²) in [4.78, 5) is 210. The predicted molar refractivity (Wildman–Crippen MR) is 445 cm³/mol. The van der Waals surface area contributed by atoms with Gasteiger partial charge in [0.05, 0.1) is 66.3 Å². The van der Waals surface area contributed by atoms with Gasteiger partial charge in [-0.15, -0.1) is 0 Å². The van der Waals surface area contributed by atoms with Crippen molar-refractivity contribution in [1.29, 1.82) is 0 Å². The Morgan fingerprint density at radius 1 is 0.653 bits per heavy atom. The minimum atomic E-state index is -1.86. The van der Waals surface area contributed by atoms with Crippen LogP contribution in [0.5, 0.6) is 23.0 Å². The van der Waals surface area contributed by atoms with Gasteiger partial charge in [-0.05, 0) is 146 Å². The molecule has 0 aromatic heterocycles. The molecular weight excluding hydrogens is 1560 g/mol. The van der Waals surface area contributed by atoms with Crippen molar-refractivity contribution in [2.75, 3.05) is 54.1 Å². The van der Waals surface area contributed by atoms with E-state index in [1.165, 1.54) is 77.0 Å². The molecule has 121 heavy (non-hydrogen) atoms. The van der Waals surface area contributed by atoms with Crippen LogP contribution in [0.25, 0.3) is 28.6 Å². The number of likely N-dealkylation sites (N-methyl/N-ethyl adjacent to an activating group) is 4. The SMILES string of the molecule is COc1c(CC(=O)c2cc3c(cc2O)OC(C)(C)C(O)C3)ccc2c1C=CC(C)(C)O2.Cc1c2oc3c(C)ccc(C(=O)NC4C(=O)NC(C(C)C)C(=O)C5CCCC5C(=O)N(C)CC(=O)N(C)C(C(C)C)C(=O)OC4C)c3nc-2c(C(=O)NC2C(=O)NC(C(C)C)C(=O)C3CCCC3C(=O)N(C)CC(=O)N(C)C(C(C)C)C(=O)OC2C)c(N)c1=O. The Kier molecular flexibility index (Phi) is 27.8. The number of aliphatic hydroxyl groups excluding tert-OH is 1. The Labute approximate surface area is 703 Å². The van der Waals surface area contributed by atoms with Crippen molar-refractivity contribution in [3.05, 3.63) is 97.2 Å². The van der Waals surface area contributed by atoms with E-state index in [9.17, 15) is 67.7 Å². The highest BCUT2D eigenvalue weighted by Crippen LogP contribution is 2.44. The van der Waals surface area contributed by atoms with E-state index in [0.717, 1.165) is 15.4 Å². The molecule has 5 heterocycles. The number of hydrogen-bond donors (Lipinski definition) is 7. The maximum Gasteiger partial charge on any atom is 0.329 e. The second-order valence-corrected chi connectivity index (χ2v) is 35.5. The van der Waals surface area contributed by atoms with Gasteiger partial charge in [-0.1, -0.05) is 80.4 Å². The molecule has 2 saturated carbocycles. The average Bonchev–Trinajstić information content (AvgIpc) is 1.33. The third-order valence-electron chi connectivity index (χ3n) is 24.2. The molecule has 654 valence electrons. The zero-order valence-corrected chi connectivity index (χ0v) is 72.9. The molecule has 2 saturated heterocycles. The molecule has 3 aliphatic carbocycles. The molecule has 13 unspecified atom stereocenters. The molecule has 3 aromatic rings. The van der Waals surface area contributed by atoms with Crippen molar-refractivity contribution in [3.63, 3.8) is 0 Å². The van der Waals surface area contributed by atoms with Crippen LogP contribution in [-0.4, -0.2) is 225 Å². The molecule has 8 aliphatic rings. The highest BCUT2D eigenvalue weighted by Gasteiger charge is 2.49. The summed E-state index contributed by atoms with van der Waals surface area (Å²) >= 11 is 0. The second-order valence-electron chi connectivity index (χ2n) is 35.5. The number of fused-ring (bicyclic) bond motifs is 6. The Morgan fingerprint density at radius 3 is 1.64 bits per heavy atom. The zero-order valence-electron chi connectivity index (χ0n) is 72.9. The van der Waals surface area contributed by atoms with Crippen molar-refractivity contribution < 1.29 is 101 Å². The predicted octanol–water partition coefficient (Wildman–Crippen LogP) is 6.80. The van der Waals surface area contributed by atoms with Crippen molar-refractivity contribution >= 4 is 99.4 Å². The van der Waals surface area contributed by atoms with Gasteiger partial charge < -0.3 is 84.9 Å². The average molecular weight is 1680 g/mol. The van der Waals surface area contributed by atoms with E-state index in [2.05, 4.69) is 21.3 Å². The summed E-state index contributed by atoms with van der Waals surface area (Å²) in [5, 5.41) is 31.6. The minimum Gasteiger partial charge on any atom is -0.507 e. The van der Waals surface area contributed by atoms with Gasteiger partial charge in [-0.25, -0.2) is 14.6 Å². The first-order chi connectivity index (χ1) is 56.6. The van der Waals surface area contributed by atoms with Crippen LogP contribution in [0, 0.1) is 61.2 Å². The van der Waals surface area contributed by atoms with E-state index in [1.54, 1.807) is 89.3 Å². The van der Waals surface area contributed by atoms with Gasteiger partial charge in [0, 0.05) is 81.9 Å². The first-order valence-electron chi connectivity index (χ1n) is 41.3. The van der Waals surface area contributed by atoms with Crippen LogP contribution in [0.3, 0.4) is 0 Å². The lowest BCUT2D eigenvalue weighted by Gasteiger charge is -2.37. The number of nitrogen functional groups attached to an aromatic ring is 1. The van der Waals surface area contributed by atoms with Gasteiger partial charge in [-0.3, -0.25) is 57.5 Å². The number of carbonyl (C=O) groups excluding carboxylic acids is 13. The number of phenolic OH excluding ortho intramolecular Hbond substituents is 1. The lowest BCUT2D eigenvalue weighted by Crippen LogP contribution is -2.59. The number of nitrogens with two attached hydrogens (primary N) is 1. The molecule has 5 aliphatic heterocycles. The minimum absolute atomic E-state index is 0.0505. The number of benzene rings is 4. The summed E-state index contributed by atoms with van der Waals surface area (Å²) in [6.45, 7) is 25.8. The molecule has 13 atom stereocenters. The molecule has 8 amide bonds. The number of hydrogen-bond acceptors (Lipinski definition) is 24. The number of nitrogens with zero attached hydrogens (tertiary/aromatic N) is 5. The van der Waals surface area contributed by atoms with Crippen LogP contribution in [-0.2, 0) is 70.3 Å². The van der Waals surface area contributed by atoms with Crippen LogP contribution in [0.1, 0.15) is 194 Å². The van der Waals surface area contributed by atoms with Gasteiger partial charge in [0.1, 0.15) is 81.8 Å². The van der Waals surface area contributed by atoms with E-state index in [1.807, 2.05) is 38.1 Å². The van der Waals surface area contributed by atoms with Crippen LogP contribution in [0.2, 0.25) is 0 Å². The number of ether oxygens (including phenoxy) is 5. The van der Waals surface area contributed by atoms with Gasteiger partial charge in [0.2, 0.25) is 40.9 Å². The Balaban J connectivity index is 0.000000411. The topological polar surface area (TPSA) is 439 Å². The number of amides is 8. The molecule has 4 fully saturated rings. The fourth-order valence-electron chi connectivity index (χ4n) is 17.2. The normalized spacial score (nSPS) is 25.9. The van der Waals surface area contributed by atoms with Crippen LogP contribution in [0.15, 0.2) is 51.7 Å². The Hall–Kier alpha value is -11.3. The number of nitrogens with one attached hydrogen (secondary N) is 4. The highest BCUT2D eigenvalue weighted by atomic mass is 16.6. The molecule has 0 bridgehead atoms. The summed E-state index contributed by atoms with van der Waals surface area (Å²) in [6, 6.07) is 1.01. The third-order valence-corrected chi connectivity index (χ3v) is 24.2. The Morgan fingerprint density at radius 2 is 1.15 bits per heavy atom. The molecule has 32 nitrogen and oxygen atoms in total. The largest absolute Gasteiger partial charge is 0.507 e. The number of phenols is 1. The van der Waals surface area contributed by atoms with Gasteiger partial charge in [-0.2, -0.15) is 0 Å². The number of ketones is 3. The Bertz CT molecular complexity index is 5020. The number of aromatic nitrogens is 1. The number of carbonyl (C=O) groups is 13. The number of rotatable bonds is 12. The van der Waals surface area contributed by atoms with Crippen molar-refractivity contribution in [2.24, 2.45) is 47.3 Å². The first-order valence-corrected chi connectivity index (χ1v) is 41.3. The van der Waals surface area contributed by atoms with E-state index in [4.69, 9.17) is 38.8 Å². The van der Waals surface area contributed by atoms with Gasteiger partial charge in [0.15, 0.2) is 28.7 Å². The lowest BCUT2D eigenvalue weighted by atomic mass is 9.83. The summed E-state index contributed by atoms with van der Waals surface area (Å²) in [7, 11) is 7.23. The van der Waals surface area contributed by atoms with E-state index in [-0.39, 0.29) is 57.2 Å². The van der Waals surface area contributed by atoms with E-state index < -0.39 is 214 Å². The number of aryl methyl sites for hydroxylation is 1. The fraction of sp³-hybridized carbons (Fsp3) is 0.562. The van der Waals surface area contributed by atoms with E-state index >= 15 is 9.59 Å². The van der Waals surface area contributed by atoms with Gasteiger partial charge in [0.25, 0.3) is 11.8 Å². The molecule has 0 radical (unpaired) electrons. The molecular formula is C89H116N10O22. The number of cyclic esters (lactones) is 2. The number of anilines is 1. The zero-order chi connectivity index (χ0) is 89.5. The van der Waals surface area contributed by atoms with Crippen molar-refractivity contribution in [1.82, 2.24) is 45.9 Å². The molecule has 0 spiro atoms. The number of aliphatic hydroxyl groups is 1. The molecule has 3 aromatic carbocycles. The monoisotopic (exact) mass is 1680 g/mol. The maximum absolute atomic E-state index is 15.2. The summed E-state index contributed by atoms with van der Waals surface area (Å²) in [6.07, 6.45) is 2.94. The highest BCUT2D eigenvalue weighted by molar-refractivity contribution is 6.11. The first kappa shape index (κ1) is 92.0.